The lowest BCUT2D eigenvalue weighted by atomic mass is 9.91. The fourth-order valence-corrected chi connectivity index (χ4v) is 6.01. The maximum Gasteiger partial charge on any atom is 0.248 e. The first kappa shape index (κ1) is 22.3. The van der Waals surface area contributed by atoms with Crippen LogP contribution in [0.2, 0.25) is 0 Å². The van der Waals surface area contributed by atoms with Gasteiger partial charge in [-0.15, -0.1) is 0 Å². The molecule has 3 aromatic heterocycles. The molecule has 1 spiro atoms. The zero-order chi connectivity index (χ0) is 25.0. The molecule has 0 bridgehead atoms. The van der Waals surface area contributed by atoms with Crippen molar-refractivity contribution in [3.63, 3.8) is 0 Å². The number of aryl methyl sites for hydroxylation is 1. The Bertz CT molecular complexity index is 1490. The summed E-state index contributed by atoms with van der Waals surface area (Å²) in [6, 6.07) is 12.6. The van der Waals surface area contributed by atoms with Crippen LogP contribution in [0.25, 0.3) is 22.4 Å². The van der Waals surface area contributed by atoms with Gasteiger partial charge in [-0.1, -0.05) is 24.3 Å². The lowest BCUT2D eigenvalue weighted by molar-refractivity contribution is -0.134. The van der Waals surface area contributed by atoms with Crippen LogP contribution in [0.15, 0.2) is 48.8 Å². The number of rotatable bonds is 3. The molecule has 37 heavy (non-hydrogen) atoms. The van der Waals surface area contributed by atoms with Crippen LogP contribution in [0.4, 0.5) is 5.95 Å². The van der Waals surface area contributed by atoms with Crippen molar-refractivity contribution in [2.24, 2.45) is 0 Å². The third kappa shape index (κ3) is 3.51. The number of carbonyl (C=O) groups excluding carboxylic acids is 1. The van der Waals surface area contributed by atoms with Gasteiger partial charge in [-0.3, -0.25) is 9.36 Å². The van der Waals surface area contributed by atoms with Crippen molar-refractivity contribution in [2.45, 2.75) is 25.0 Å². The predicted molar refractivity (Wildman–Crippen MR) is 136 cm³/mol. The summed E-state index contributed by atoms with van der Waals surface area (Å²) in [6.07, 6.45) is 5.58. The predicted octanol–water partition coefficient (Wildman–Crippen LogP) is 1.75. The van der Waals surface area contributed by atoms with Crippen LogP contribution in [-0.4, -0.2) is 79.8 Å². The summed E-state index contributed by atoms with van der Waals surface area (Å²) in [7, 11) is 0. The summed E-state index contributed by atoms with van der Waals surface area (Å²) < 4.78 is 8.37. The zero-order valence-electron chi connectivity index (χ0n) is 20.4. The molecule has 3 aliphatic rings. The number of aliphatic hydroxyl groups is 1. The minimum absolute atomic E-state index is 0.242. The van der Waals surface area contributed by atoms with E-state index in [0.717, 1.165) is 41.1 Å². The molecule has 1 aromatic carbocycles. The Kier molecular flexibility index (Phi) is 5.19. The third-order valence-electron chi connectivity index (χ3n) is 7.89. The summed E-state index contributed by atoms with van der Waals surface area (Å²) in [6.45, 7) is 2.98. The smallest absolute Gasteiger partial charge is 0.248 e. The van der Waals surface area contributed by atoms with Gasteiger partial charge in [0.2, 0.25) is 11.9 Å². The van der Waals surface area contributed by atoms with Crippen LogP contribution >= 0.6 is 0 Å². The summed E-state index contributed by atoms with van der Waals surface area (Å²) in [5.41, 5.74) is 5.74. The van der Waals surface area contributed by atoms with E-state index >= 15 is 0 Å². The van der Waals surface area contributed by atoms with Crippen molar-refractivity contribution >= 4 is 23.0 Å². The van der Waals surface area contributed by atoms with Crippen LogP contribution in [0.3, 0.4) is 0 Å². The highest BCUT2D eigenvalue weighted by Gasteiger charge is 2.45. The lowest BCUT2D eigenvalue weighted by Crippen LogP contribution is -2.50. The molecular weight excluding hydrogens is 470 g/mol. The SMILES string of the molecule is O=C(CO)N1CCN(c2ncc(-c3ccc4nc5n(c4n3)C3(CCc4ccccc43)COC5)cn2)CC1. The second-order valence-corrected chi connectivity index (χ2v) is 9.88. The van der Waals surface area contributed by atoms with Crippen LogP contribution in [0, 0.1) is 0 Å². The molecule has 0 radical (unpaired) electrons. The molecule has 10 nitrogen and oxygen atoms in total. The fourth-order valence-electron chi connectivity index (χ4n) is 6.01. The molecule has 2 aliphatic heterocycles. The van der Waals surface area contributed by atoms with Gasteiger partial charge in [-0.25, -0.2) is 19.9 Å². The van der Waals surface area contributed by atoms with Crippen LogP contribution < -0.4 is 4.90 Å². The van der Waals surface area contributed by atoms with Crippen molar-refractivity contribution in [3.05, 3.63) is 65.7 Å². The largest absolute Gasteiger partial charge is 0.387 e. The number of pyridine rings is 1. The summed E-state index contributed by atoms with van der Waals surface area (Å²) in [4.78, 5) is 34.6. The highest BCUT2D eigenvalue weighted by atomic mass is 16.5. The highest BCUT2D eigenvalue weighted by Crippen LogP contribution is 2.45. The molecule has 4 aromatic rings. The van der Waals surface area contributed by atoms with Gasteiger partial charge in [-0.2, -0.15) is 0 Å². The van der Waals surface area contributed by atoms with Gasteiger partial charge in [0.25, 0.3) is 0 Å². The molecule has 7 rings (SSSR count). The highest BCUT2D eigenvalue weighted by molar-refractivity contribution is 5.78. The summed E-state index contributed by atoms with van der Waals surface area (Å²) >= 11 is 0. The molecule has 0 saturated carbocycles. The van der Waals surface area contributed by atoms with E-state index in [1.54, 1.807) is 17.3 Å². The average Bonchev–Trinajstić information content (AvgIpc) is 3.52. The number of hydrogen-bond acceptors (Lipinski definition) is 8. The van der Waals surface area contributed by atoms with E-state index in [-0.39, 0.29) is 11.4 Å². The Balaban J connectivity index is 1.21. The molecule has 1 aliphatic carbocycles. The second-order valence-electron chi connectivity index (χ2n) is 9.88. The van der Waals surface area contributed by atoms with Crippen molar-refractivity contribution in [3.8, 4) is 11.3 Å². The number of amides is 1. The molecule has 1 fully saturated rings. The molecule has 1 atom stereocenters. The number of anilines is 1. The van der Waals surface area contributed by atoms with Crippen LogP contribution in [0.5, 0.6) is 0 Å². The summed E-state index contributed by atoms with van der Waals surface area (Å²) in [5.74, 6) is 1.29. The Morgan fingerprint density at radius 2 is 1.84 bits per heavy atom. The summed E-state index contributed by atoms with van der Waals surface area (Å²) in [5, 5.41) is 9.08. The molecule has 1 unspecified atom stereocenters. The van der Waals surface area contributed by atoms with Gasteiger partial charge in [0.1, 0.15) is 24.6 Å². The van der Waals surface area contributed by atoms with E-state index < -0.39 is 6.61 Å². The minimum Gasteiger partial charge on any atom is -0.387 e. The van der Waals surface area contributed by atoms with Gasteiger partial charge in [0.05, 0.1) is 17.8 Å². The van der Waals surface area contributed by atoms with E-state index in [1.807, 2.05) is 12.1 Å². The van der Waals surface area contributed by atoms with Crippen molar-refractivity contribution in [1.82, 2.24) is 29.4 Å². The fraction of sp³-hybridized carbons (Fsp3) is 0.370. The molecular formula is C27H27N7O3. The number of nitrogens with zero attached hydrogens (tertiary/aromatic N) is 7. The number of carbonyl (C=O) groups is 1. The number of aromatic nitrogens is 5. The van der Waals surface area contributed by atoms with E-state index in [2.05, 4.69) is 43.7 Å². The molecule has 10 heteroatoms. The van der Waals surface area contributed by atoms with Crippen molar-refractivity contribution in [1.29, 1.82) is 0 Å². The van der Waals surface area contributed by atoms with E-state index in [1.165, 1.54) is 11.1 Å². The van der Waals surface area contributed by atoms with E-state index in [4.69, 9.17) is 19.8 Å². The molecule has 1 amide bonds. The number of hydrogen-bond donors (Lipinski definition) is 1. The van der Waals surface area contributed by atoms with Crippen molar-refractivity contribution < 1.29 is 14.6 Å². The van der Waals surface area contributed by atoms with Gasteiger partial charge < -0.3 is 19.6 Å². The van der Waals surface area contributed by atoms with E-state index in [0.29, 0.717) is 45.3 Å². The van der Waals surface area contributed by atoms with E-state index in [9.17, 15) is 4.79 Å². The number of aliphatic hydroxyl groups excluding tert-OH is 1. The first-order valence-corrected chi connectivity index (χ1v) is 12.7. The van der Waals surface area contributed by atoms with Crippen LogP contribution in [0.1, 0.15) is 23.4 Å². The number of piperazine rings is 1. The third-order valence-corrected chi connectivity index (χ3v) is 7.89. The maximum atomic E-state index is 11.7. The Labute approximate surface area is 213 Å². The van der Waals surface area contributed by atoms with Crippen LogP contribution in [-0.2, 0) is 28.1 Å². The van der Waals surface area contributed by atoms with Gasteiger partial charge in [0, 0.05) is 44.1 Å². The Morgan fingerprint density at radius 1 is 1.03 bits per heavy atom. The minimum atomic E-state index is -0.455. The number of ether oxygens (including phenoxy) is 1. The first-order valence-electron chi connectivity index (χ1n) is 12.7. The molecule has 5 heterocycles. The number of fused-ring (bicyclic) bond motifs is 6. The van der Waals surface area contributed by atoms with Gasteiger partial charge in [-0.05, 0) is 36.1 Å². The quantitative estimate of drug-likeness (QED) is 0.456. The Morgan fingerprint density at radius 3 is 2.65 bits per heavy atom. The zero-order valence-corrected chi connectivity index (χ0v) is 20.4. The molecule has 1 N–H and O–H groups in total. The monoisotopic (exact) mass is 497 g/mol. The number of imidazole rings is 1. The second kappa shape index (κ2) is 8.60. The first-order chi connectivity index (χ1) is 18.2. The average molecular weight is 498 g/mol. The lowest BCUT2D eigenvalue weighted by Gasteiger charge is -2.37. The van der Waals surface area contributed by atoms with Gasteiger partial charge >= 0.3 is 0 Å². The molecule has 188 valence electrons. The topological polar surface area (TPSA) is 110 Å². The van der Waals surface area contributed by atoms with Crippen molar-refractivity contribution in [2.75, 3.05) is 44.3 Å². The molecule has 1 saturated heterocycles. The maximum absolute atomic E-state index is 11.7. The Hall–Kier alpha value is -3.89. The normalized spacial score (nSPS) is 20.9. The number of benzene rings is 1. The standard InChI is InChI=1S/C27H27N7O3/c35-15-24(36)32-9-11-33(12-10-32)26-28-13-19(14-29-26)21-5-6-22-25(31-21)34-23(30-22)16-37-17-27(34)8-7-18-3-1-2-4-20(18)27/h1-6,13-14,35H,7-12,15-17H2. The van der Waals surface area contributed by atoms with Gasteiger partial charge in [0.15, 0.2) is 5.65 Å².